The van der Waals surface area contributed by atoms with Crippen molar-refractivity contribution in [3.63, 3.8) is 0 Å². The molecule has 0 bridgehead atoms. The first-order valence-electron chi connectivity index (χ1n) is 5.25. The van der Waals surface area contributed by atoms with Crippen LogP contribution in [-0.4, -0.2) is 27.8 Å². The minimum Gasteiger partial charge on any atom is -0.461 e. The second-order valence-electron chi connectivity index (χ2n) is 3.77. The topological polar surface area (TPSA) is 68.3 Å². The Hall–Kier alpha value is -0.850. The molecule has 1 N–H and O–H groups in total. The van der Waals surface area contributed by atoms with Crippen molar-refractivity contribution in [2.24, 2.45) is 5.92 Å². The summed E-state index contributed by atoms with van der Waals surface area (Å²) in [6.07, 6.45) is 0.429. The average molecular weight is 309 g/mol. The number of amides is 1. The Morgan fingerprint density at radius 2 is 2.33 bits per heavy atom. The molecule has 1 atom stereocenters. The van der Waals surface area contributed by atoms with Gasteiger partial charge in [-0.1, -0.05) is 0 Å². The molecule has 0 aliphatic heterocycles. The minimum atomic E-state index is -0.967. The number of hydrogen-bond donors (Lipinski definition) is 1. The Bertz CT molecular complexity index is 489. The molecular formula is C10H10Cl2N2O3S. The second kappa shape index (κ2) is 5.03. The van der Waals surface area contributed by atoms with Crippen molar-refractivity contribution in [2.75, 3.05) is 11.9 Å². The fourth-order valence-electron chi connectivity index (χ4n) is 1.32. The quantitative estimate of drug-likeness (QED) is 0.685. The van der Waals surface area contributed by atoms with E-state index in [1.807, 2.05) is 0 Å². The van der Waals surface area contributed by atoms with Crippen molar-refractivity contribution in [2.45, 2.75) is 17.7 Å². The maximum atomic E-state index is 11.7. The Kier molecular flexibility index (Phi) is 3.79. The van der Waals surface area contributed by atoms with E-state index in [1.54, 1.807) is 6.92 Å². The molecule has 1 amide bonds. The van der Waals surface area contributed by atoms with Crippen molar-refractivity contribution in [3.8, 4) is 0 Å². The highest BCUT2D eigenvalue weighted by molar-refractivity contribution is 7.14. The lowest BCUT2D eigenvalue weighted by Gasteiger charge is -2.00. The number of anilines is 1. The fraction of sp³-hybridized carbons (Fsp3) is 0.500. The number of carbonyl (C=O) groups excluding carboxylic acids is 2. The van der Waals surface area contributed by atoms with Gasteiger partial charge < -0.3 is 10.1 Å². The van der Waals surface area contributed by atoms with Gasteiger partial charge in [0.1, 0.15) is 4.33 Å². The lowest BCUT2D eigenvalue weighted by molar-refractivity contribution is -0.117. The van der Waals surface area contributed by atoms with Crippen LogP contribution in [0, 0.1) is 5.92 Å². The van der Waals surface area contributed by atoms with E-state index in [9.17, 15) is 9.59 Å². The number of thiazole rings is 1. The van der Waals surface area contributed by atoms with Crippen molar-refractivity contribution in [1.29, 1.82) is 0 Å². The molecule has 1 saturated carbocycles. The number of nitrogens with zero attached hydrogens (tertiary/aromatic N) is 1. The monoisotopic (exact) mass is 308 g/mol. The Balaban J connectivity index is 1.95. The number of carbonyl (C=O) groups is 2. The van der Waals surface area contributed by atoms with E-state index in [-0.39, 0.29) is 18.2 Å². The van der Waals surface area contributed by atoms with Crippen molar-refractivity contribution in [1.82, 2.24) is 4.98 Å². The van der Waals surface area contributed by atoms with Gasteiger partial charge in [-0.25, -0.2) is 9.78 Å². The molecule has 0 radical (unpaired) electrons. The summed E-state index contributed by atoms with van der Waals surface area (Å²) in [6.45, 7) is 1.99. The average Bonchev–Trinajstić information content (AvgIpc) is 2.74. The molecule has 1 aromatic heterocycles. The lowest BCUT2D eigenvalue weighted by Crippen LogP contribution is -2.17. The summed E-state index contributed by atoms with van der Waals surface area (Å²) in [5.74, 6) is -1.22. The summed E-state index contributed by atoms with van der Waals surface area (Å²) in [6, 6.07) is 0. The predicted molar refractivity (Wildman–Crippen MR) is 69.2 cm³/mol. The predicted octanol–water partition coefficient (Wildman–Crippen LogP) is 2.45. The van der Waals surface area contributed by atoms with Gasteiger partial charge in [-0.2, -0.15) is 0 Å². The molecule has 1 aliphatic carbocycles. The highest BCUT2D eigenvalue weighted by atomic mass is 35.5. The van der Waals surface area contributed by atoms with Gasteiger partial charge in [0.25, 0.3) is 0 Å². The van der Waals surface area contributed by atoms with Crippen LogP contribution in [-0.2, 0) is 9.53 Å². The van der Waals surface area contributed by atoms with Crippen LogP contribution in [0.3, 0.4) is 0 Å². The summed E-state index contributed by atoms with van der Waals surface area (Å²) in [5, 5.41) is 4.42. The SMILES string of the molecule is CCOC(=O)c1csc(NC(=O)C2CC2(Cl)Cl)n1. The number of nitrogens with one attached hydrogen (secondary N) is 1. The molecule has 5 nitrogen and oxygen atoms in total. The van der Waals surface area contributed by atoms with Crippen LogP contribution < -0.4 is 5.32 Å². The molecule has 98 valence electrons. The van der Waals surface area contributed by atoms with E-state index in [0.29, 0.717) is 11.6 Å². The fourth-order valence-corrected chi connectivity index (χ4v) is 2.51. The molecule has 2 rings (SSSR count). The Labute approximate surface area is 117 Å². The molecule has 0 aromatic carbocycles. The lowest BCUT2D eigenvalue weighted by atomic mass is 10.4. The molecule has 8 heteroatoms. The standard InChI is InChI=1S/C10H10Cl2N2O3S/c1-2-17-8(16)6-4-18-9(13-6)14-7(15)5-3-10(5,11)12/h4-5H,2-3H2,1H3,(H,13,14,15). The van der Waals surface area contributed by atoms with E-state index >= 15 is 0 Å². The van der Waals surface area contributed by atoms with Crippen molar-refractivity contribution in [3.05, 3.63) is 11.1 Å². The third-order valence-electron chi connectivity index (χ3n) is 2.36. The second-order valence-corrected chi connectivity index (χ2v) is 6.17. The maximum absolute atomic E-state index is 11.7. The van der Waals surface area contributed by atoms with Crippen LogP contribution in [0.1, 0.15) is 23.8 Å². The van der Waals surface area contributed by atoms with E-state index < -0.39 is 16.2 Å². The van der Waals surface area contributed by atoms with Crippen LogP contribution in [0.5, 0.6) is 0 Å². The smallest absolute Gasteiger partial charge is 0.357 e. The third-order valence-corrected chi connectivity index (χ3v) is 3.95. The normalized spacial score (nSPS) is 20.3. The molecule has 0 saturated heterocycles. The first-order valence-corrected chi connectivity index (χ1v) is 6.89. The van der Waals surface area contributed by atoms with Gasteiger partial charge in [-0.05, 0) is 13.3 Å². The molecule has 18 heavy (non-hydrogen) atoms. The Morgan fingerprint density at radius 3 is 2.89 bits per heavy atom. The number of ether oxygens (including phenoxy) is 1. The number of halogens is 2. The van der Waals surface area contributed by atoms with E-state index in [4.69, 9.17) is 27.9 Å². The zero-order valence-corrected chi connectivity index (χ0v) is 11.7. The van der Waals surface area contributed by atoms with Gasteiger partial charge in [0.2, 0.25) is 5.91 Å². The van der Waals surface area contributed by atoms with Gasteiger partial charge in [0.15, 0.2) is 10.8 Å². The van der Waals surface area contributed by atoms with Crippen LogP contribution in [0.25, 0.3) is 0 Å². The van der Waals surface area contributed by atoms with Gasteiger partial charge in [-0.15, -0.1) is 34.5 Å². The zero-order chi connectivity index (χ0) is 13.3. The number of rotatable bonds is 4. The van der Waals surface area contributed by atoms with E-state index in [2.05, 4.69) is 10.3 Å². The molecule has 1 fully saturated rings. The molecule has 1 unspecified atom stereocenters. The number of hydrogen-bond acceptors (Lipinski definition) is 5. The van der Waals surface area contributed by atoms with Crippen LogP contribution in [0.2, 0.25) is 0 Å². The number of alkyl halides is 2. The zero-order valence-electron chi connectivity index (χ0n) is 9.41. The van der Waals surface area contributed by atoms with Gasteiger partial charge in [0, 0.05) is 5.38 Å². The van der Waals surface area contributed by atoms with Crippen molar-refractivity contribution < 1.29 is 14.3 Å². The summed E-state index contributed by atoms with van der Waals surface area (Å²) in [5.41, 5.74) is 0.177. The first-order chi connectivity index (χ1) is 8.44. The van der Waals surface area contributed by atoms with Gasteiger partial charge >= 0.3 is 5.97 Å². The highest BCUT2D eigenvalue weighted by Crippen LogP contribution is 2.53. The minimum absolute atomic E-state index is 0.177. The van der Waals surface area contributed by atoms with Crippen LogP contribution in [0.15, 0.2) is 5.38 Å². The maximum Gasteiger partial charge on any atom is 0.357 e. The molecule has 0 spiro atoms. The van der Waals surface area contributed by atoms with Crippen LogP contribution in [0.4, 0.5) is 5.13 Å². The van der Waals surface area contributed by atoms with Crippen molar-refractivity contribution >= 4 is 51.5 Å². The van der Waals surface area contributed by atoms with E-state index in [1.165, 1.54) is 5.38 Å². The molecule has 1 heterocycles. The highest BCUT2D eigenvalue weighted by Gasteiger charge is 2.56. The third kappa shape index (κ3) is 2.93. The summed E-state index contributed by atoms with van der Waals surface area (Å²) < 4.78 is 3.82. The van der Waals surface area contributed by atoms with Crippen LogP contribution >= 0.6 is 34.5 Å². The van der Waals surface area contributed by atoms with E-state index in [0.717, 1.165) is 11.3 Å². The van der Waals surface area contributed by atoms with Gasteiger partial charge in [0.05, 0.1) is 12.5 Å². The molecule has 1 aliphatic rings. The summed E-state index contributed by atoms with van der Waals surface area (Å²) in [4.78, 5) is 27.0. The first kappa shape index (κ1) is 13.6. The molecule has 1 aromatic rings. The van der Waals surface area contributed by atoms with Gasteiger partial charge in [-0.3, -0.25) is 4.79 Å². The number of esters is 1. The Morgan fingerprint density at radius 1 is 1.67 bits per heavy atom. The number of aromatic nitrogens is 1. The summed E-state index contributed by atoms with van der Waals surface area (Å²) in [7, 11) is 0. The molecular weight excluding hydrogens is 299 g/mol. The largest absolute Gasteiger partial charge is 0.461 e. The summed E-state index contributed by atoms with van der Waals surface area (Å²) >= 11 is 12.7.